The van der Waals surface area contributed by atoms with Crippen LogP contribution < -0.4 is 0 Å². The van der Waals surface area contributed by atoms with Crippen LogP contribution in [0.15, 0.2) is 128 Å². The van der Waals surface area contributed by atoms with Crippen LogP contribution in [0.2, 0.25) is 0 Å². The van der Waals surface area contributed by atoms with Gasteiger partial charge in [0.1, 0.15) is 6.33 Å². The number of benzene rings is 5. The quantitative estimate of drug-likeness (QED) is 0.191. The summed E-state index contributed by atoms with van der Waals surface area (Å²) >= 11 is 0. The van der Waals surface area contributed by atoms with Crippen molar-refractivity contribution in [3.8, 4) is 51.0 Å². The molecule has 0 atom stereocenters. The van der Waals surface area contributed by atoms with Gasteiger partial charge in [-0.3, -0.25) is 4.57 Å². The zero-order valence-corrected chi connectivity index (χ0v) is 28.4. The van der Waals surface area contributed by atoms with Crippen LogP contribution in [-0.2, 0) is 10.8 Å². The Balaban J connectivity index is 1.37. The fourth-order valence-corrected chi connectivity index (χ4v) is 7.41. The highest BCUT2D eigenvalue weighted by Gasteiger charge is 2.57. The molecule has 2 heterocycles. The van der Waals surface area contributed by atoms with Crippen LogP contribution in [0, 0.1) is 5.41 Å². The van der Waals surface area contributed by atoms with E-state index < -0.39 is 0 Å². The fraction of sp³-hybridized carbons (Fsp3) is 0.209. The van der Waals surface area contributed by atoms with Crippen LogP contribution in [0.3, 0.4) is 0 Å². The fourth-order valence-electron chi connectivity index (χ4n) is 7.41. The Morgan fingerprint density at radius 2 is 0.979 bits per heavy atom. The molecule has 2 aromatic heterocycles. The van der Waals surface area contributed by atoms with E-state index in [1.165, 1.54) is 11.1 Å². The predicted octanol–water partition coefficient (Wildman–Crippen LogP) is 10.5. The van der Waals surface area contributed by atoms with E-state index in [9.17, 15) is 0 Å². The van der Waals surface area contributed by atoms with Gasteiger partial charge >= 0.3 is 0 Å². The second-order valence-corrected chi connectivity index (χ2v) is 14.5. The van der Waals surface area contributed by atoms with Crippen molar-refractivity contribution in [1.29, 1.82) is 0 Å². The van der Waals surface area contributed by atoms with E-state index in [1.807, 2.05) is 54.9 Å². The highest BCUT2D eigenvalue weighted by Crippen LogP contribution is 2.62. The summed E-state index contributed by atoms with van der Waals surface area (Å²) in [5.41, 5.74) is 10.9. The van der Waals surface area contributed by atoms with E-state index in [2.05, 4.69) is 124 Å². The lowest BCUT2D eigenvalue weighted by molar-refractivity contribution is 0.125. The molecule has 5 aromatic carbocycles. The van der Waals surface area contributed by atoms with Crippen LogP contribution in [0.5, 0.6) is 0 Å². The minimum atomic E-state index is -0.0804. The van der Waals surface area contributed by atoms with Crippen LogP contribution >= 0.6 is 0 Å². The molecule has 0 saturated carbocycles. The first-order valence-electron chi connectivity index (χ1n) is 16.7. The van der Waals surface area contributed by atoms with Crippen LogP contribution in [0.25, 0.3) is 62.0 Å². The van der Waals surface area contributed by atoms with Crippen molar-refractivity contribution < 1.29 is 0 Å². The second kappa shape index (κ2) is 10.8. The van der Waals surface area contributed by atoms with Gasteiger partial charge in [-0.05, 0) is 74.9 Å². The van der Waals surface area contributed by atoms with Gasteiger partial charge in [-0.1, -0.05) is 126 Å². The molecule has 0 N–H and O–H groups in total. The number of imidazole rings is 1. The minimum absolute atomic E-state index is 0.00800. The summed E-state index contributed by atoms with van der Waals surface area (Å²) in [5.74, 6) is 1.99. The Bertz CT molecular complexity index is 2240. The van der Waals surface area contributed by atoms with Crippen LogP contribution in [-0.4, -0.2) is 24.5 Å². The molecule has 0 unspecified atom stereocenters. The van der Waals surface area contributed by atoms with Crippen molar-refractivity contribution in [2.45, 2.75) is 52.4 Å². The molecular weight excluding hydrogens is 587 g/mol. The van der Waals surface area contributed by atoms with Crippen LogP contribution in [0.4, 0.5) is 0 Å². The normalized spacial score (nSPS) is 15.8. The first-order valence-corrected chi connectivity index (χ1v) is 16.7. The molecule has 0 amide bonds. The first kappa shape index (κ1) is 29.9. The summed E-state index contributed by atoms with van der Waals surface area (Å²) < 4.78 is 2.14. The van der Waals surface area contributed by atoms with E-state index in [1.54, 1.807) is 0 Å². The van der Waals surface area contributed by atoms with Gasteiger partial charge in [0.25, 0.3) is 0 Å². The number of para-hydroxylation sites is 2. The third-order valence-corrected chi connectivity index (χ3v) is 11.5. The van der Waals surface area contributed by atoms with Gasteiger partial charge in [0.05, 0.1) is 11.0 Å². The van der Waals surface area contributed by atoms with E-state index in [-0.39, 0.29) is 16.2 Å². The lowest BCUT2D eigenvalue weighted by atomic mass is 9.59. The lowest BCUT2D eigenvalue weighted by Gasteiger charge is -2.44. The Morgan fingerprint density at radius 1 is 0.479 bits per heavy atom. The van der Waals surface area contributed by atoms with Gasteiger partial charge in [0.2, 0.25) is 0 Å². The first-order chi connectivity index (χ1) is 23.1. The Kier molecular flexibility index (Phi) is 6.75. The van der Waals surface area contributed by atoms with Crippen LogP contribution in [0.1, 0.15) is 52.7 Å². The monoisotopic (exact) mass is 625 g/mol. The number of fused-ring (bicyclic) bond motifs is 2. The number of rotatable bonds is 5. The number of hydrogen-bond donors (Lipinski definition) is 0. The number of hydrogen-bond acceptors (Lipinski definition) is 4. The maximum absolute atomic E-state index is 5.19. The number of nitrogens with zero attached hydrogens (tertiary/aromatic N) is 5. The standard InChI is InChI=1S/C43H39N5/c1-41(2)34-25-32(28-21-23-31(24-22-28)48-27-44-36-19-13-14-20-37(36)48)33(26-35(34)42(3,4)43(41,5)6)40-46-38(29-15-9-7-10-16-29)45-39(47-40)30-17-11-8-12-18-30/h7-27H,1-6H3. The van der Waals surface area contributed by atoms with E-state index in [0.29, 0.717) is 17.5 Å². The van der Waals surface area contributed by atoms with Gasteiger partial charge in [0, 0.05) is 22.4 Å². The lowest BCUT2D eigenvalue weighted by Crippen LogP contribution is -2.42. The molecule has 5 heteroatoms. The Labute approximate surface area is 282 Å². The van der Waals surface area contributed by atoms with Crippen molar-refractivity contribution in [2.75, 3.05) is 0 Å². The highest BCUT2D eigenvalue weighted by molar-refractivity contribution is 5.85. The van der Waals surface area contributed by atoms with E-state index >= 15 is 0 Å². The molecule has 1 aliphatic carbocycles. The summed E-state index contributed by atoms with van der Waals surface area (Å²) in [6.45, 7) is 14.3. The van der Waals surface area contributed by atoms with Gasteiger partial charge < -0.3 is 0 Å². The third kappa shape index (κ3) is 4.52. The summed E-state index contributed by atoms with van der Waals surface area (Å²) in [5, 5.41) is 0. The molecular formula is C43H39N5. The summed E-state index contributed by atoms with van der Waals surface area (Å²) in [6.07, 6.45) is 1.90. The van der Waals surface area contributed by atoms with Gasteiger partial charge in [-0.25, -0.2) is 19.9 Å². The van der Waals surface area contributed by atoms with Crippen molar-refractivity contribution >= 4 is 11.0 Å². The topological polar surface area (TPSA) is 56.5 Å². The minimum Gasteiger partial charge on any atom is -0.299 e. The molecule has 1 aliphatic rings. The number of aromatic nitrogens is 5. The Hall–Kier alpha value is -5.42. The summed E-state index contributed by atoms with van der Waals surface area (Å²) in [6, 6.07) is 42.2. The van der Waals surface area contributed by atoms with Crippen molar-refractivity contribution in [3.63, 3.8) is 0 Å². The van der Waals surface area contributed by atoms with E-state index in [0.717, 1.165) is 44.5 Å². The zero-order valence-electron chi connectivity index (χ0n) is 28.4. The maximum atomic E-state index is 5.19. The summed E-state index contributed by atoms with van der Waals surface area (Å²) in [7, 11) is 0. The van der Waals surface area contributed by atoms with E-state index in [4.69, 9.17) is 15.0 Å². The zero-order chi connectivity index (χ0) is 33.3. The largest absolute Gasteiger partial charge is 0.299 e. The average molecular weight is 626 g/mol. The molecule has 236 valence electrons. The van der Waals surface area contributed by atoms with Crippen molar-refractivity contribution in [2.24, 2.45) is 5.41 Å². The molecule has 0 aliphatic heterocycles. The van der Waals surface area contributed by atoms with Gasteiger partial charge in [0.15, 0.2) is 17.5 Å². The molecule has 0 saturated heterocycles. The van der Waals surface area contributed by atoms with Crippen molar-refractivity contribution in [3.05, 3.63) is 139 Å². The predicted molar refractivity (Wildman–Crippen MR) is 196 cm³/mol. The van der Waals surface area contributed by atoms with Crippen molar-refractivity contribution in [1.82, 2.24) is 24.5 Å². The molecule has 0 fully saturated rings. The molecule has 5 nitrogen and oxygen atoms in total. The molecule has 0 radical (unpaired) electrons. The third-order valence-electron chi connectivity index (χ3n) is 11.5. The maximum Gasteiger partial charge on any atom is 0.164 e. The SMILES string of the molecule is CC1(C)c2cc(-c3ccc(-n4cnc5ccccc54)cc3)c(-c3nc(-c4ccccc4)nc(-c4ccccc4)n3)cc2C(C)(C)C1(C)C. The molecule has 0 spiro atoms. The average Bonchev–Trinajstić information content (AvgIpc) is 3.59. The molecule has 8 rings (SSSR count). The molecule has 0 bridgehead atoms. The molecule has 7 aromatic rings. The summed E-state index contributed by atoms with van der Waals surface area (Å²) in [4.78, 5) is 20.0. The smallest absolute Gasteiger partial charge is 0.164 e. The van der Waals surface area contributed by atoms with Gasteiger partial charge in [-0.15, -0.1) is 0 Å². The second-order valence-electron chi connectivity index (χ2n) is 14.5. The Morgan fingerprint density at radius 3 is 1.56 bits per heavy atom. The highest BCUT2D eigenvalue weighted by atomic mass is 15.0. The molecule has 48 heavy (non-hydrogen) atoms. The van der Waals surface area contributed by atoms with Gasteiger partial charge in [-0.2, -0.15) is 0 Å².